The van der Waals surface area contributed by atoms with E-state index in [0.29, 0.717) is 0 Å². The summed E-state index contributed by atoms with van der Waals surface area (Å²) in [6.45, 7) is 8.05. The van der Waals surface area contributed by atoms with Crippen molar-refractivity contribution in [3.63, 3.8) is 0 Å². The normalized spacial score (nSPS) is 17.0. The molecule has 1 fully saturated rings. The summed E-state index contributed by atoms with van der Waals surface area (Å²) in [7, 11) is 0. The summed E-state index contributed by atoms with van der Waals surface area (Å²) in [5.74, 6) is 1.10. The molecule has 0 spiro atoms. The lowest BCUT2D eigenvalue weighted by Gasteiger charge is -2.30. The zero-order valence-electron chi connectivity index (χ0n) is 10.8. The third-order valence-corrected chi connectivity index (χ3v) is 3.49. The van der Waals surface area contributed by atoms with Gasteiger partial charge >= 0.3 is 0 Å². The Morgan fingerprint density at radius 1 is 1.24 bits per heavy atom. The molecule has 0 atom stereocenters. The Morgan fingerprint density at radius 2 is 2.06 bits per heavy atom. The highest BCUT2D eigenvalue weighted by atomic mass is 15.2. The van der Waals surface area contributed by atoms with E-state index in [1.807, 2.05) is 12.3 Å². The Kier molecular flexibility index (Phi) is 4.80. The summed E-state index contributed by atoms with van der Waals surface area (Å²) in [6, 6.07) is 6.13. The summed E-state index contributed by atoms with van der Waals surface area (Å²) in [4.78, 5) is 9.36. The minimum atomic E-state index is 1.03. The highest BCUT2D eigenvalue weighted by Crippen LogP contribution is 2.11. The predicted molar refractivity (Wildman–Crippen MR) is 72.4 cm³/mol. The van der Waals surface area contributed by atoms with Crippen LogP contribution in [-0.4, -0.2) is 42.6 Å². The van der Waals surface area contributed by atoms with Gasteiger partial charge in [0.25, 0.3) is 0 Å². The molecule has 2 heterocycles. The van der Waals surface area contributed by atoms with Gasteiger partial charge in [0.05, 0.1) is 0 Å². The number of hydrogen-bond acceptors (Lipinski definition) is 3. The Hall–Kier alpha value is -1.09. The number of aromatic nitrogens is 1. The van der Waals surface area contributed by atoms with Gasteiger partial charge in [-0.3, -0.25) is 0 Å². The van der Waals surface area contributed by atoms with E-state index >= 15 is 0 Å². The molecule has 0 N–H and O–H groups in total. The number of pyridine rings is 1. The summed E-state index contributed by atoms with van der Waals surface area (Å²) in [6.07, 6.45) is 6.03. The molecule has 2 rings (SSSR count). The highest BCUT2D eigenvalue weighted by molar-refractivity contribution is 5.37. The molecule has 17 heavy (non-hydrogen) atoms. The lowest BCUT2D eigenvalue weighted by Crippen LogP contribution is -2.38. The standard InChI is InChI=1S/C14H23N3/c1-2-17(14-8-4-5-9-15-14)13-12-16-10-6-3-7-11-16/h4-5,8-9H,2-3,6-7,10-13H2,1H3. The van der Waals surface area contributed by atoms with E-state index in [1.165, 1.54) is 38.9 Å². The van der Waals surface area contributed by atoms with Gasteiger partial charge in [-0.2, -0.15) is 0 Å². The van der Waals surface area contributed by atoms with Gasteiger partial charge in [0.15, 0.2) is 0 Å². The molecule has 1 aromatic rings. The molecule has 0 aromatic carbocycles. The van der Waals surface area contributed by atoms with Crippen LogP contribution in [-0.2, 0) is 0 Å². The Morgan fingerprint density at radius 3 is 2.71 bits per heavy atom. The lowest BCUT2D eigenvalue weighted by atomic mass is 10.1. The molecule has 1 saturated heterocycles. The van der Waals surface area contributed by atoms with Crippen molar-refractivity contribution in [2.24, 2.45) is 0 Å². The Balaban J connectivity index is 1.83. The average Bonchev–Trinajstić information content (AvgIpc) is 2.42. The molecule has 0 aliphatic carbocycles. The van der Waals surface area contributed by atoms with Crippen molar-refractivity contribution in [2.45, 2.75) is 26.2 Å². The SMILES string of the molecule is CCN(CCN1CCCCC1)c1ccccn1. The molecular formula is C14H23N3. The number of anilines is 1. The number of hydrogen-bond donors (Lipinski definition) is 0. The maximum atomic E-state index is 4.42. The predicted octanol–water partition coefficient (Wildman–Crippen LogP) is 2.39. The van der Waals surface area contributed by atoms with E-state index in [9.17, 15) is 0 Å². The van der Waals surface area contributed by atoms with Crippen LogP contribution in [0.3, 0.4) is 0 Å². The molecule has 0 unspecified atom stereocenters. The fourth-order valence-corrected chi connectivity index (χ4v) is 2.42. The number of nitrogens with zero attached hydrogens (tertiary/aromatic N) is 3. The van der Waals surface area contributed by atoms with Crippen molar-refractivity contribution in [1.82, 2.24) is 9.88 Å². The van der Waals surface area contributed by atoms with Crippen molar-refractivity contribution in [1.29, 1.82) is 0 Å². The van der Waals surface area contributed by atoms with Crippen LogP contribution in [0.25, 0.3) is 0 Å². The largest absolute Gasteiger partial charge is 0.356 e. The van der Waals surface area contributed by atoms with Crippen molar-refractivity contribution in [3.05, 3.63) is 24.4 Å². The highest BCUT2D eigenvalue weighted by Gasteiger charge is 2.11. The molecular weight excluding hydrogens is 210 g/mol. The first kappa shape index (κ1) is 12.4. The fourth-order valence-electron chi connectivity index (χ4n) is 2.42. The Bertz CT molecular complexity index is 307. The second-order valence-corrected chi connectivity index (χ2v) is 4.67. The van der Waals surface area contributed by atoms with Crippen molar-refractivity contribution in [3.8, 4) is 0 Å². The van der Waals surface area contributed by atoms with Crippen molar-refractivity contribution in [2.75, 3.05) is 37.6 Å². The smallest absolute Gasteiger partial charge is 0.128 e. The third-order valence-electron chi connectivity index (χ3n) is 3.49. The van der Waals surface area contributed by atoms with Gasteiger partial charge in [-0.15, -0.1) is 0 Å². The lowest BCUT2D eigenvalue weighted by molar-refractivity contribution is 0.233. The third kappa shape index (κ3) is 3.70. The minimum absolute atomic E-state index is 1.03. The van der Waals surface area contributed by atoms with Gasteiger partial charge in [-0.05, 0) is 45.0 Å². The Labute approximate surface area is 104 Å². The summed E-state index contributed by atoms with van der Waals surface area (Å²) >= 11 is 0. The average molecular weight is 233 g/mol. The van der Waals surface area contributed by atoms with Crippen LogP contribution in [0.4, 0.5) is 5.82 Å². The second kappa shape index (κ2) is 6.60. The van der Waals surface area contributed by atoms with E-state index in [-0.39, 0.29) is 0 Å². The molecule has 3 nitrogen and oxygen atoms in total. The second-order valence-electron chi connectivity index (χ2n) is 4.67. The summed E-state index contributed by atoms with van der Waals surface area (Å²) in [5.41, 5.74) is 0. The summed E-state index contributed by atoms with van der Waals surface area (Å²) < 4.78 is 0. The van der Waals surface area contributed by atoms with Crippen molar-refractivity contribution < 1.29 is 0 Å². The van der Waals surface area contributed by atoms with Gasteiger partial charge in [-0.1, -0.05) is 12.5 Å². The quantitative estimate of drug-likeness (QED) is 0.778. The zero-order valence-corrected chi connectivity index (χ0v) is 10.8. The maximum absolute atomic E-state index is 4.42. The van der Waals surface area contributed by atoms with Crippen LogP contribution >= 0.6 is 0 Å². The van der Waals surface area contributed by atoms with Crippen LogP contribution in [0, 0.1) is 0 Å². The zero-order chi connectivity index (χ0) is 11.9. The minimum Gasteiger partial charge on any atom is -0.356 e. The van der Waals surface area contributed by atoms with E-state index in [4.69, 9.17) is 0 Å². The first-order valence-electron chi connectivity index (χ1n) is 6.78. The first-order valence-corrected chi connectivity index (χ1v) is 6.78. The molecule has 3 heteroatoms. The van der Waals surface area contributed by atoms with E-state index < -0.39 is 0 Å². The molecule has 94 valence electrons. The van der Waals surface area contributed by atoms with Gasteiger partial charge in [-0.25, -0.2) is 4.98 Å². The monoisotopic (exact) mass is 233 g/mol. The van der Waals surface area contributed by atoms with Gasteiger partial charge in [0.1, 0.15) is 5.82 Å². The summed E-state index contributed by atoms with van der Waals surface area (Å²) in [5, 5.41) is 0. The van der Waals surface area contributed by atoms with Gasteiger partial charge in [0, 0.05) is 25.8 Å². The van der Waals surface area contributed by atoms with Crippen LogP contribution < -0.4 is 4.90 Å². The van der Waals surface area contributed by atoms with E-state index in [0.717, 1.165) is 18.9 Å². The molecule has 0 amide bonds. The number of rotatable bonds is 5. The molecule has 1 aromatic heterocycles. The van der Waals surface area contributed by atoms with Crippen molar-refractivity contribution >= 4 is 5.82 Å². The number of likely N-dealkylation sites (tertiary alicyclic amines) is 1. The van der Waals surface area contributed by atoms with Crippen LogP contribution in [0.2, 0.25) is 0 Å². The number of piperidine rings is 1. The molecule has 0 saturated carbocycles. The molecule has 0 bridgehead atoms. The molecule has 0 radical (unpaired) electrons. The van der Waals surface area contributed by atoms with Crippen LogP contribution in [0.5, 0.6) is 0 Å². The fraction of sp³-hybridized carbons (Fsp3) is 0.643. The molecule has 1 aliphatic heterocycles. The van der Waals surface area contributed by atoms with Gasteiger partial charge in [0.2, 0.25) is 0 Å². The van der Waals surface area contributed by atoms with Gasteiger partial charge < -0.3 is 9.80 Å². The maximum Gasteiger partial charge on any atom is 0.128 e. The molecule has 1 aliphatic rings. The van der Waals surface area contributed by atoms with E-state index in [1.54, 1.807) is 0 Å². The van der Waals surface area contributed by atoms with E-state index in [2.05, 4.69) is 33.8 Å². The first-order chi connectivity index (χ1) is 8.40. The topological polar surface area (TPSA) is 19.4 Å². The number of likely N-dealkylation sites (N-methyl/N-ethyl adjacent to an activating group) is 1. The van der Waals surface area contributed by atoms with Crippen LogP contribution in [0.15, 0.2) is 24.4 Å². The van der Waals surface area contributed by atoms with Crippen LogP contribution in [0.1, 0.15) is 26.2 Å².